The van der Waals surface area contributed by atoms with Gasteiger partial charge < -0.3 is 115 Å². The molecule has 8 aliphatic heterocycles. The number of pyridine rings is 8. The summed E-state index contributed by atoms with van der Waals surface area (Å²) < 4.78 is 28.5. The molecule has 7 N–H and O–H groups in total. The third-order valence-corrected chi connectivity index (χ3v) is 28.5. The zero-order chi connectivity index (χ0) is 106. The van der Waals surface area contributed by atoms with E-state index in [0.717, 1.165) is 55.1 Å². The predicted molar refractivity (Wildman–Crippen MR) is 577 cm³/mol. The van der Waals surface area contributed by atoms with Gasteiger partial charge in [-0.3, -0.25) is 24.0 Å². The molecule has 16 heterocycles. The quantitative estimate of drug-likeness (QED) is 0.0172. The van der Waals surface area contributed by atoms with E-state index in [1.54, 1.807) is 129 Å². The molecule has 0 spiro atoms. The second kappa shape index (κ2) is 49.8. The van der Waals surface area contributed by atoms with E-state index in [4.69, 9.17) is 33.9 Å². The largest absolute Gasteiger partial charge is 1.00 e. The monoisotopic (exact) mass is 2130 g/mol. The summed E-state index contributed by atoms with van der Waals surface area (Å²) in [5, 5.41) is 76.6. The summed E-state index contributed by atoms with van der Waals surface area (Å²) in [7, 11) is 15.3. The Kier molecular flexibility index (Phi) is 40.3. The van der Waals surface area contributed by atoms with E-state index < -0.39 is 46.3 Å². The number of cyclic esters (lactones) is 4. The van der Waals surface area contributed by atoms with E-state index in [1.807, 2.05) is 95.3 Å². The first-order valence-corrected chi connectivity index (χ1v) is 49.9. The van der Waals surface area contributed by atoms with E-state index >= 15 is 0 Å². The first kappa shape index (κ1) is 120. The summed E-state index contributed by atoms with van der Waals surface area (Å²) in [4.78, 5) is 146. The zero-order valence-electron chi connectivity index (χ0n) is 88.8. The summed E-state index contributed by atoms with van der Waals surface area (Å²) in [6, 6.07) is 26.2. The molecule has 0 radical (unpaired) electrons. The molecule has 1 aliphatic carbocycles. The third-order valence-electron chi connectivity index (χ3n) is 28.5. The highest BCUT2D eigenvalue weighted by Crippen LogP contribution is 2.47. The molecule has 20 rings (SSSR count). The number of ketones is 1. The van der Waals surface area contributed by atoms with Crippen molar-refractivity contribution in [1.82, 2.24) is 67.6 Å². The summed E-state index contributed by atoms with van der Waals surface area (Å²) in [6.07, 6.45) is 3.68. The normalized spacial score (nSPS) is 18.2. The fourth-order valence-corrected chi connectivity index (χ4v) is 19.9. The van der Waals surface area contributed by atoms with Crippen molar-refractivity contribution < 1.29 is 95.6 Å². The Morgan fingerprint density at radius 2 is 0.664 bits per heavy atom. The molecule has 8 aromatic heterocycles. The van der Waals surface area contributed by atoms with Crippen molar-refractivity contribution in [3.63, 3.8) is 0 Å². The molecule has 39 heteroatoms. The van der Waals surface area contributed by atoms with Crippen LogP contribution in [0, 0.1) is 0 Å². The lowest BCUT2D eigenvalue weighted by molar-refractivity contribution is -0.454. The van der Waals surface area contributed by atoms with Crippen LogP contribution in [0.15, 0.2) is 116 Å². The van der Waals surface area contributed by atoms with E-state index in [9.17, 15) is 78.9 Å². The minimum atomic E-state index is -1.84. The lowest BCUT2D eigenvalue weighted by Crippen LogP contribution is -3.00. The Morgan fingerprint density at radius 3 is 0.946 bits per heavy atom. The molecule has 0 saturated heterocycles. The van der Waals surface area contributed by atoms with Crippen LogP contribution in [0.25, 0.3) is 84.3 Å². The number of phenols is 3. The van der Waals surface area contributed by atoms with Gasteiger partial charge in [-0.25, -0.2) is 43.7 Å². The zero-order valence-corrected chi connectivity index (χ0v) is 92.0. The smallest absolute Gasteiger partial charge is 0.343 e. The van der Waals surface area contributed by atoms with E-state index in [1.165, 1.54) is 58.9 Å². The number of rotatable bonds is 19. The van der Waals surface area contributed by atoms with Crippen LogP contribution in [0.1, 0.15) is 211 Å². The Bertz CT molecular complexity index is 6960. The average Bonchev–Trinajstić information content (AvgIpc) is 1.61. The predicted octanol–water partition coefficient (Wildman–Crippen LogP) is 8.92. The van der Waals surface area contributed by atoms with Crippen molar-refractivity contribution in [1.29, 1.82) is 0 Å². The van der Waals surface area contributed by atoms with Crippen LogP contribution in [-0.4, -0.2) is 266 Å². The fourth-order valence-electron chi connectivity index (χ4n) is 19.9. The minimum Gasteiger partial charge on any atom is -1.00 e. The maximum absolute atomic E-state index is 13.2. The number of phenolic OH excluding ortho intramolecular Hbond substituents is 3. The van der Waals surface area contributed by atoms with Crippen LogP contribution in [0.4, 0.5) is 0 Å². The van der Waals surface area contributed by atoms with Crippen LogP contribution >= 0.6 is 37.2 Å². The van der Waals surface area contributed by atoms with Gasteiger partial charge in [-0.2, -0.15) is 0 Å². The number of carbonyl (C=O) groups excluding carboxylic acids is 5. The highest BCUT2D eigenvalue weighted by Gasteiger charge is 2.50. The maximum Gasteiger partial charge on any atom is 0.343 e. The van der Waals surface area contributed by atoms with E-state index in [-0.39, 0.29) is 153 Å². The van der Waals surface area contributed by atoms with Gasteiger partial charge >= 0.3 is 23.9 Å². The number of allylic oxidation sites excluding steroid dienone is 1. The number of fused-ring (bicyclic) bond motifs is 20. The van der Waals surface area contributed by atoms with Crippen molar-refractivity contribution in [2.45, 2.75) is 210 Å². The number of carbonyl (C=O) groups is 5. The first-order valence-electron chi connectivity index (χ1n) is 49.9. The van der Waals surface area contributed by atoms with Crippen LogP contribution < -0.4 is 34.6 Å². The molecule has 0 amide bonds. The van der Waals surface area contributed by atoms with Crippen LogP contribution in [-0.2, 0) is 131 Å². The Balaban J connectivity index is 0.000000203. The number of likely N-dealkylation sites (N-methyl/N-ethyl adjacent to an activating group) is 1. The number of hydrogen-bond donors (Lipinski definition) is 7. The number of nitrogens with zero attached hydrogens (tertiary/aromatic N) is 15. The van der Waals surface area contributed by atoms with E-state index in [2.05, 4.69) is 88.7 Å². The number of aromatic hydroxyl groups is 3. The van der Waals surface area contributed by atoms with Crippen molar-refractivity contribution in [2.24, 2.45) is 0 Å². The highest BCUT2D eigenvalue weighted by atomic mass is 35.5. The molecular formula is C110H141Cl4N15O20. The van der Waals surface area contributed by atoms with Gasteiger partial charge in [-0.15, -0.1) is 37.2 Å². The van der Waals surface area contributed by atoms with Gasteiger partial charge in [0.25, 0.3) is 22.2 Å². The molecule has 149 heavy (non-hydrogen) atoms. The molecule has 9 aliphatic rings. The molecule has 1 unspecified atom stereocenters. The van der Waals surface area contributed by atoms with Gasteiger partial charge in [0, 0.05) is 91.4 Å². The molecule has 0 bridgehead atoms. The average molecular weight is 2140 g/mol. The van der Waals surface area contributed by atoms with Gasteiger partial charge in [0.1, 0.15) is 64.5 Å². The standard InChI is InChI=1S/3C23H23N3O5.C20H16N2O5.3C6H15N.C3H8N.4ClH/c3*1-4-23(30)16-8-18-20-12(9-26(18)21(28)15(16)11-31-22(23)29)7-13-14(10-25(2)3)19(27)6-5-17(13)24-20;1-2-20(26)14-7-16-17-11(5-10-6-12(23)3-4-15(10)21-17)8-22(16)18(24)13(14)9-27-19(20)25;3*1-4-7(5-2)6-3;1-4(2)3;;;;/h2*5-8,27,30H,4,9-11H2,1-3H3;5-8,14,30H,4,9-11H2,1-3H3;3-7,23,26H,2,8-9H2,1H3;3*4-6H2,1-3H3;1H2,2-3H3;4*1H/q;;;;;;;+1;;;;/p-1/t2*23-;14?,23-;20-;;;;;;;;/m0000......../s1. The minimum absolute atomic E-state index is 0. The van der Waals surface area contributed by atoms with Gasteiger partial charge in [-0.1, -0.05) is 90.0 Å². The third kappa shape index (κ3) is 23.5. The number of aromatic nitrogens is 8. The second-order valence-corrected chi connectivity index (χ2v) is 38.5. The highest BCUT2D eigenvalue weighted by molar-refractivity contribution is 6.02. The summed E-state index contributed by atoms with van der Waals surface area (Å²) in [6.45, 7) is 42.9. The number of aliphatic hydroxyl groups is 4. The number of benzene rings is 3. The van der Waals surface area contributed by atoms with Crippen LogP contribution in [0.5, 0.6) is 17.2 Å². The lowest BCUT2D eigenvalue weighted by atomic mass is 9.85. The van der Waals surface area contributed by atoms with Crippen molar-refractivity contribution >= 4 is 112 Å². The maximum atomic E-state index is 13.2. The molecule has 804 valence electrons. The molecule has 11 aromatic rings. The molecule has 35 nitrogen and oxygen atoms in total. The number of esters is 4. The molecular weight excluding hydrogens is 1990 g/mol. The number of ether oxygens (including phenoxy) is 4. The molecule has 5 atom stereocenters. The van der Waals surface area contributed by atoms with Gasteiger partial charge in [-0.05, 0) is 236 Å². The molecule has 0 saturated carbocycles. The lowest BCUT2D eigenvalue weighted by Gasteiger charge is -2.31. The summed E-state index contributed by atoms with van der Waals surface area (Å²) in [5.41, 5.74) is 7.38. The van der Waals surface area contributed by atoms with Crippen LogP contribution in [0.2, 0.25) is 0 Å². The van der Waals surface area contributed by atoms with Crippen molar-refractivity contribution in [3.8, 4) is 62.8 Å². The van der Waals surface area contributed by atoms with Crippen LogP contribution in [0.3, 0.4) is 0 Å². The Labute approximate surface area is 892 Å². The van der Waals surface area contributed by atoms with E-state index in [0.29, 0.717) is 158 Å². The SMILES string of the molecule is C=[N+](C)C.CCN(CC)CC.CCN(CC)CC.CCN(CC)CC.CC[C@@]1(O)C(=O)OCc2c1cc1n(c2=O)Cc2cc3c(CN(C)C)c(O)ccc3nc2-1.CC[C@@]1(O)C(=O)OCc2c1cc1n(c2=O)Cc2cc3c(CN(C)C)c(O)ccc3nc2-1.CC[C@@]1(O)C(=O)OCc2c1cc1n(c2=O)Cc2cc3c(nc2-1)C=CC(=O)C3CN(C)C.CC[C@@]1(O)C(=O)OCc2c1cc1n(c2=O)Cc2cc3cc(O)ccc3nc2-1.Cl.Cl.Cl.[Cl-]. The fraction of sp³-hybridized carbons (Fsp3) is 0.455. The molecule has 0 fully saturated rings. The second-order valence-electron chi connectivity index (χ2n) is 38.5. The van der Waals surface area contributed by atoms with Gasteiger partial charge in [0.2, 0.25) is 0 Å². The Morgan fingerprint density at radius 1 is 0.383 bits per heavy atom. The first-order chi connectivity index (χ1) is 68.9. The Hall–Kier alpha value is -12.0. The molecule has 3 aromatic carbocycles. The van der Waals surface area contributed by atoms with Gasteiger partial charge in [0.15, 0.2) is 28.2 Å². The van der Waals surface area contributed by atoms with Crippen molar-refractivity contribution in [3.05, 3.63) is 228 Å². The number of halogens is 4. The number of hydrogen-bond acceptors (Lipinski definition) is 30. The summed E-state index contributed by atoms with van der Waals surface area (Å²) >= 11 is 0. The van der Waals surface area contributed by atoms with Crippen molar-refractivity contribution in [2.75, 3.05) is 122 Å². The summed E-state index contributed by atoms with van der Waals surface area (Å²) in [5.74, 6) is -2.66. The van der Waals surface area contributed by atoms with Gasteiger partial charge in [0.05, 0.1) is 122 Å². The topological polar surface area (TPSA) is 426 Å².